The van der Waals surface area contributed by atoms with Crippen molar-refractivity contribution in [2.75, 3.05) is 46.3 Å². The Morgan fingerprint density at radius 3 is 2.59 bits per heavy atom. The summed E-state index contributed by atoms with van der Waals surface area (Å²) in [5, 5.41) is 5.38. The molecular weight excluding hydrogens is 216 g/mol. The van der Waals surface area contributed by atoms with Gasteiger partial charge in [0.1, 0.15) is 0 Å². The van der Waals surface area contributed by atoms with Gasteiger partial charge in [-0.1, -0.05) is 6.92 Å². The summed E-state index contributed by atoms with van der Waals surface area (Å²) in [6.07, 6.45) is 1.01. The Kier molecular flexibility index (Phi) is 4.36. The summed E-state index contributed by atoms with van der Waals surface area (Å²) in [5.41, 5.74) is 3.06. The largest absolute Gasteiger partial charge is 0.316 e. The number of piperidine rings is 1. The molecule has 2 saturated heterocycles. The number of likely N-dealkylation sites (N-methyl/N-ethyl adjacent to an activating group) is 1. The van der Waals surface area contributed by atoms with Crippen molar-refractivity contribution in [3.05, 3.63) is 0 Å². The van der Waals surface area contributed by atoms with Gasteiger partial charge in [-0.25, -0.2) is 5.01 Å². The van der Waals surface area contributed by atoms with Crippen molar-refractivity contribution in [1.29, 1.82) is 0 Å². The van der Waals surface area contributed by atoms with E-state index < -0.39 is 0 Å². The van der Waals surface area contributed by atoms with E-state index in [4.69, 9.17) is 0 Å². The van der Waals surface area contributed by atoms with Crippen LogP contribution in [0.5, 0.6) is 0 Å². The number of hydrazine groups is 1. The highest BCUT2D eigenvalue weighted by molar-refractivity contribution is 5.78. The maximum absolute atomic E-state index is 12.1. The fraction of sp³-hybridized carbons (Fsp3) is 0.917. The van der Waals surface area contributed by atoms with Gasteiger partial charge in [0.25, 0.3) is 0 Å². The van der Waals surface area contributed by atoms with Crippen molar-refractivity contribution >= 4 is 5.91 Å². The zero-order chi connectivity index (χ0) is 12.3. The van der Waals surface area contributed by atoms with E-state index in [0.717, 1.165) is 45.7 Å². The van der Waals surface area contributed by atoms with E-state index in [1.54, 1.807) is 0 Å². The van der Waals surface area contributed by atoms with E-state index in [-0.39, 0.29) is 11.8 Å². The van der Waals surface area contributed by atoms with Crippen LogP contribution < -0.4 is 10.7 Å². The van der Waals surface area contributed by atoms with E-state index in [2.05, 4.69) is 34.6 Å². The molecule has 0 saturated carbocycles. The SMILES string of the molecule is CC1CNCC(C(=O)NN2CCN(C)CC2)C1. The van der Waals surface area contributed by atoms with Gasteiger partial charge in [-0.05, 0) is 25.9 Å². The van der Waals surface area contributed by atoms with Crippen molar-refractivity contribution in [2.45, 2.75) is 13.3 Å². The highest BCUT2D eigenvalue weighted by atomic mass is 16.2. The van der Waals surface area contributed by atoms with Gasteiger partial charge in [0, 0.05) is 32.7 Å². The van der Waals surface area contributed by atoms with Crippen LogP contribution in [0.15, 0.2) is 0 Å². The first-order valence-corrected chi connectivity index (χ1v) is 6.60. The van der Waals surface area contributed by atoms with Crippen LogP contribution in [0.3, 0.4) is 0 Å². The van der Waals surface area contributed by atoms with E-state index in [1.807, 2.05) is 0 Å². The quantitative estimate of drug-likeness (QED) is 0.684. The summed E-state index contributed by atoms with van der Waals surface area (Å²) in [4.78, 5) is 14.4. The first-order valence-electron chi connectivity index (χ1n) is 6.60. The lowest BCUT2D eigenvalue weighted by Crippen LogP contribution is -2.55. The number of nitrogens with one attached hydrogen (secondary N) is 2. The molecule has 2 N–H and O–H groups in total. The fourth-order valence-corrected chi connectivity index (χ4v) is 2.52. The zero-order valence-corrected chi connectivity index (χ0v) is 10.9. The summed E-state index contributed by atoms with van der Waals surface area (Å²) in [6.45, 7) is 7.97. The maximum atomic E-state index is 12.1. The molecule has 2 aliphatic rings. The molecule has 17 heavy (non-hydrogen) atoms. The summed E-state index contributed by atoms with van der Waals surface area (Å²) in [5.74, 6) is 0.930. The van der Waals surface area contributed by atoms with Crippen molar-refractivity contribution in [1.82, 2.24) is 20.7 Å². The van der Waals surface area contributed by atoms with Crippen LogP contribution in [0.25, 0.3) is 0 Å². The fourth-order valence-electron chi connectivity index (χ4n) is 2.52. The minimum Gasteiger partial charge on any atom is -0.316 e. The molecule has 5 heteroatoms. The van der Waals surface area contributed by atoms with Crippen LogP contribution in [0.4, 0.5) is 0 Å². The number of amides is 1. The number of piperazine rings is 1. The second-order valence-corrected chi connectivity index (χ2v) is 5.46. The molecule has 2 unspecified atom stereocenters. The number of hydrogen-bond donors (Lipinski definition) is 2. The van der Waals surface area contributed by atoms with Gasteiger partial charge in [-0.2, -0.15) is 0 Å². The third-order valence-electron chi connectivity index (χ3n) is 3.71. The van der Waals surface area contributed by atoms with Crippen molar-refractivity contribution < 1.29 is 4.79 Å². The molecule has 0 aromatic heterocycles. The first kappa shape index (κ1) is 12.8. The highest BCUT2D eigenvalue weighted by Crippen LogP contribution is 2.15. The molecule has 2 atom stereocenters. The Balaban J connectivity index is 1.76. The monoisotopic (exact) mass is 240 g/mol. The lowest BCUT2D eigenvalue weighted by atomic mass is 9.91. The number of hydrogen-bond acceptors (Lipinski definition) is 4. The van der Waals surface area contributed by atoms with E-state index in [0.29, 0.717) is 5.92 Å². The molecule has 0 radical (unpaired) electrons. The van der Waals surface area contributed by atoms with Gasteiger partial charge in [-0.15, -0.1) is 0 Å². The second kappa shape index (κ2) is 5.80. The predicted octanol–water partition coefficient (Wildman–Crippen LogP) is -0.489. The molecule has 0 spiro atoms. The second-order valence-electron chi connectivity index (χ2n) is 5.46. The van der Waals surface area contributed by atoms with Crippen LogP contribution in [0, 0.1) is 11.8 Å². The van der Waals surface area contributed by atoms with Crippen molar-refractivity contribution in [3.63, 3.8) is 0 Å². The van der Waals surface area contributed by atoms with E-state index >= 15 is 0 Å². The summed E-state index contributed by atoms with van der Waals surface area (Å²) in [7, 11) is 2.12. The predicted molar refractivity (Wildman–Crippen MR) is 67.4 cm³/mol. The molecule has 2 aliphatic heterocycles. The molecule has 0 aromatic carbocycles. The van der Waals surface area contributed by atoms with Gasteiger partial charge in [0.2, 0.25) is 5.91 Å². The number of carbonyl (C=O) groups is 1. The van der Waals surface area contributed by atoms with Gasteiger partial charge >= 0.3 is 0 Å². The number of rotatable bonds is 2. The average Bonchev–Trinajstić information content (AvgIpc) is 2.32. The molecular formula is C12H24N4O. The third kappa shape index (κ3) is 3.66. The molecule has 2 fully saturated rings. The summed E-state index contributed by atoms with van der Waals surface area (Å²) < 4.78 is 0. The van der Waals surface area contributed by atoms with Gasteiger partial charge in [0.15, 0.2) is 0 Å². The lowest BCUT2D eigenvalue weighted by Gasteiger charge is -2.34. The molecule has 0 bridgehead atoms. The van der Waals surface area contributed by atoms with Gasteiger partial charge in [-0.3, -0.25) is 10.2 Å². The van der Waals surface area contributed by atoms with Crippen LogP contribution >= 0.6 is 0 Å². The average molecular weight is 240 g/mol. The Morgan fingerprint density at radius 1 is 1.24 bits per heavy atom. The minimum absolute atomic E-state index is 0.137. The molecule has 0 aromatic rings. The molecule has 1 amide bonds. The molecule has 0 aliphatic carbocycles. The highest BCUT2D eigenvalue weighted by Gasteiger charge is 2.26. The Hall–Kier alpha value is -0.650. The topological polar surface area (TPSA) is 47.6 Å². The summed E-state index contributed by atoms with van der Waals surface area (Å²) >= 11 is 0. The number of carbonyl (C=O) groups excluding carboxylic acids is 1. The van der Waals surface area contributed by atoms with Crippen molar-refractivity contribution in [3.8, 4) is 0 Å². The smallest absolute Gasteiger partial charge is 0.238 e. The number of nitrogens with zero attached hydrogens (tertiary/aromatic N) is 2. The Labute approximate surface area is 103 Å². The summed E-state index contributed by atoms with van der Waals surface area (Å²) in [6, 6.07) is 0. The van der Waals surface area contributed by atoms with Crippen LogP contribution in [0.1, 0.15) is 13.3 Å². The molecule has 2 heterocycles. The van der Waals surface area contributed by atoms with Crippen LogP contribution in [0.2, 0.25) is 0 Å². The standard InChI is InChI=1S/C12H24N4O/c1-10-7-11(9-13-8-10)12(17)14-16-5-3-15(2)4-6-16/h10-11,13H,3-9H2,1-2H3,(H,14,17). The van der Waals surface area contributed by atoms with Gasteiger partial charge in [0.05, 0.1) is 5.92 Å². The zero-order valence-electron chi connectivity index (χ0n) is 10.9. The molecule has 2 rings (SSSR count). The molecule has 5 nitrogen and oxygen atoms in total. The Morgan fingerprint density at radius 2 is 1.94 bits per heavy atom. The van der Waals surface area contributed by atoms with E-state index in [1.165, 1.54) is 0 Å². The van der Waals surface area contributed by atoms with Crippen LogP contribution in [-0.2, 0) is 4.79 Å². The first-order chi connectivity index (χ1) is 8.15. The minimum atomic E-state index is 0.137. The third-order valence-corrected chi connectivity index (χ3v) is 3.71. The lowest BCUT2D eigenvalue weighted by molar-refractivity contribution is -0.131. The molecule has 98 valence electrons. The van der Waals surface area contributed by atoms with Gasteiger partial charge < -0.3 is 10.2 Å². The Bertz CT molecular complexity index is 263. The van der Waals surface area contributed by atoms with E-state index in [9.17, 15) is 4.79 Å². The van der Waals surface area contributed by atoms with Crippen LogP contribution in [-0.4, -0.2) is 62.1 Å². The van der Waals surface area contributed by atoms with Crippen molar-refractivity contribution in [2.24, 2.45) is 11.8 Å². The normalized spacial score (nSPS) is 32.4. The maximum Gasteiger partial charge on any atom is 0.238 e.